The number of alkyl halides is 3. The van der Waals surface area contributed by atoms with Gasteiger partial charge >= 0.3 is 6.18 Å². The lowest BCUT2D eigenvalue weighted by molar-refractivity contribution is -0.142. The Morgan fingerprint density at radius 2 is 2.00 bits per heavy atom. The van der Waals surface area contributed by atoms with Gasteiger partial charge in [-0.05, 0) is 12.5 Å². The quantitative estimate of drug-likeness (QED) is 0.440. The van der Waals surface area contributed by atoms with Gasteiger partial charge in [-0.3, -0.25) is 9.36 Å². The average Bonchev–Trinajstić information content (AvgIpc) is 3.42. The Bertz CT molecular complexity index is 1350. The predicted octanol–water partition coefficient (Wildman–Crippen LogP) is 3.96. The fraction of sp³-hybridized carbons (Fsp3) is 0.273. The highest BCUT2D eigenvalue weighted by atomic mass is 19.4. The Balaban J connectivity index is 2.02. The molecular formula is C22H17F5N6O2. The van der Waals surface area contributed by atoms with E-state index >= 15 is 0 Å². The van der Waals surface area contributed by atoms with E-state index in [1.165, 1.54) is 6.07 Å². The number of halogens is 5. The standard InChI is InChI=1S/C22H17F5N6O2/c1-29-16-4-3-11(7-14(16)23)19-31-17(21(34)32-6-5-12(28)10-32)18(22(25,26)27)33(19)13-8-15(24)20(35-2)30-9-13/h3-4,7-9,12H,5-6,10,28H2,2H3/t12-/m1/s1. The summed E-state index contributed by atoms with van der Waals surface area (Å²) >= 11 is 0. The average molecular weight is 492 g/mol. The van der Waals surface area contributed by atoms with E-state index in [0.717, 1.165) is 36.4 Å². The van der Waals surface area contributed by atoms with Crippen LogP contribution in [-0.2, 0) is 6.18 Å². The molecule has 13 heteroatoms. The SMILES string of the molecule is [C-]#[N+]c1ccc(-c2nc(C(=O)N3CC[C@@H](N)C3)c(C(F)(F)F)n2-c2cnc(OC)c(F)c2)cc1F. The number of benzene rings is 1. The van der Waals surface area contributed by atoms with Gasteiger partial charge < -0.3 is 15.4 Å². The number of hydrogen-bond acceptors (Lipinski definition) is 5. The Hall–Kier alpha value is -4.05. The number of methoxy groups -OCH3 is 1. The zero-order valence-electron chi connectivity index (χ0n) is 18.1. The van der Waals surface area contributed by atoms with E-state index in [0.29, 0.717) is 11.0 Å². The first-order valence-corrected chi connectivity index (χ1v) is 10.2. The lowest BCUT2D eigenvalue weighted by atomic mass is 10.2. The number of pyridine rings is 1. The number of nitrogens with zero attached hydrogens (tertiary/aromatic N) is 5. The highest BCUT2D eigenvalue weighted by Crippen LogP contribution is 2.39. The van der Waals surface area contributed by atoms with Crippen LogP contribution in [0.15, 0.2) is 30.5 Å². The van der Waals surface area contributed by atoms with E-state index in [1.807, 2.05) is 0 Å². The Kier molecular flexibility index (Phi) is 6.16. The summed E-state index contributed by atoms with van der Waals surface area (Å²) in [6.07, 6.45) is -3.81. The smallest absolute Gasteiger partial charge is 0.434 e. The fourth-order valence-corrected chi connectivity index (χ4v) is 3.82. The largest absolute Gasteiger partial charge is 0.479 e. The monoisotopic (exact) mass is 492 g/mol. The summed E-state index contributed by atoms with van der Waals surface area (Å²) in [6.45, 7) is 7.14. The van der Waals surface area contributed by atoms with Crippen molar-refractivity contribution in [2.24, 2.45) is 5.73 Å². The van der Waals surface area contributed by atoms with Gasteiger partial charge in [0.05, 0.1) is 25.6 Å². The lowest BCUT2D eigenvalue weighted by Gasteiger charge is -2.18. The molecule has 2 N–H and O–H groups in total. The summed E-state index contributed by atoms with van der Waals surface area (Å²) in [5.41, 5.74) is 2.40. The first-order chi connectivity index (χ1) is 16.5. The molecule has 1 atom stereocenters. The van der Waals surface area contributed by atoms with Crippen LogP contribution in [0.2, 0.25) is 0 Å². The number of aromatic nitrogens is 3. The number of nitrogens with two attached hydrogens (primary N) is 1. The molecule has 0 radical (unpaired) electrons. The maximum absolute atomic E-state index is 14.4. The lowest BCUT2D eigenvalue weighted by Crippen LogP contribution is -2.33. The number of rotatable bonds is 4. The number of carbonyl (C=O) groups is 1. The van der Waals surface area contributed by atoms with Crippen LogP contribution in [0, 0.1) is 18.2 Å². The third-order valence-electron chi connectivity index (χ3n) is 5.43. The first kappa shape index (κ1) is 24.1. The maximum atomic E-state index is 14.4. The summed E-state index contributed by atoms with van der Waals surface area (Å²) in [4.78, 5) is 24.9. The predicted molar refractivity (Wildman–Crippen MR) is 113 cm³/mol. The van der Waals surface area contributed by atoms with Gasteiger partial charge in [-0.25, -0.2) is 23.6 Å². The van der Waals surface area contributed by atoms with Crippen LogP contribution in [0.5, 0.6) is 5.88 Å². The van der Waals surface area contributed by atoms with Gasteiger partial charge in [-0.15, -0.1) is 0 Å². The first-order valence-electron chi connectivity index (χ1n) is 10.2. The second-order valence-electron chi connectivity index (χ2n) is 7.73. The van der Waals surface area contributed by atoms with E-state index in [9.17, 15) is 26.7 Å². The third kappa shape index (κ3) is 4.40. The summed E-state index contributed by atoms with van der Waals surface area (Å²) in [5, 5.41) is 0. The number of likely N-dealkylation sites (tertiary alicyclic amines) is 1. The molecule has 3 heterocycles. The summed E-state index contributed by atoms with van der Waals surface area (Å²) in [5.74, 6) is -4.04. The number of carbonyl (C=O) groups excluding carboxylic acids is 1. The molecule has 0 unspecified atom stereocenters. The van der Waals surface area contributed by atoms with Crippen LogP contribution in [0.4, 0.5) is 27.6 Å². The molecule has 1 saturated heterocycles. The number of amides is 1. The highest BCUT2D eigenvalue weighted by Gasteiger charge is 2.44. The van der Waals surface area contributed by atoms with E-state index in [-0.39, 0.29) is 24.3 Å². The second-order valence-corrected chi connectivity index (χ2v) is 7.73. The van der Waals surface area contributed by atoms with E-state index in [1.54, 1.807) is 0 Å². The Morgan fingerprint density at radius 3 is 2.54 bits per heavy atom. The van der Waals surface area contributed by atoms with Gasteiger partial charge in [0.15, 0.2) is 17.2 Å². The number of ether oxygens (including phenoxy) is 1. The van der Waals surface area contributed by atoms with Crippen LogP contribution >= 0.6 is 0 Å². The maximum Gasteiger partial charge on any atom is 0.434 e. The molecule has 1 aliphatic rings. The van der Waals surface area contributed by atoms with Gasteiger partial charge in [-0.1, -0.05) is 12.1 Å². The minimum Gasteiger partial charge on any atom is -0.479 e. The highest BCUT2D eigenvalue weighted by molar-refractivity contribution is 5.95. The van der Waals surface area contributed by atoms with Gasteiger partial charge in [0.2, 0.25) is 11.6 Å². The Labute approximate surface area is 195 Å². The topological polar surface area (TPSA) is 90.6 Å². The van der Waals surface area contributed by atoms with E-state index in [2.05, 4.69) is 14.8 Å². The van der Waals surface area contributed by atoms with Gasteiger partial charge in [0.1, 0.15) is 11.6 Å². The molecular weight excluding hydrogens is 475 g/mol. The summed E-state index contributed by atoms with van der Waals surface area (Å²) < 4.78 is 77.2. The molecule has 0 aliphatic carbocycles. The summed E-state index contributed by atoms with van der Waals surface area (Å²) in [6, 6.07) is 3.40. The second kappa shape index (κ2) is 8.95. The van der Waals surface area contributed by atoms with Crippen molar-refractivity contribution in [3.8, 4) is 23.0 Å². The molecule has 8 nitrogen and oxygen atoms in total. The third-order valence-corrected chi connectivity index (χ3v) is 5.43. The molecule has 182 valence electrons. The van der Waals surface area contributed by atoms with Crippen molar-refractivity contribution in [2.45, 2.75) is 18.6 Å². The van der Waals surface area contributed by atoms with Gasteiger partial charge in [-0.2, -0.15) is 13.2 Å². The van der Waals surface area contributed by atoms with Gasteiger partial charge in [0, 0.05) is 30.8 Å². The van der Waals surface area contributed by atoms with E-state index in [4.69, 9.17) is 17.0 Å². The molecule has 1 fully saturated rings. The Morgan fingerprint density at radius 1 is 1.26 bits per heavy atom. The molecule has 1 aliphatic heterocycles. The molecule has 1 aromatic carbocycles. The van der Waals surface area contributed by atoms with Crippen molar-refractivity contribution in [1.82, 2.24) is 19.4 Å². The van der Waals surface area contributed by atoms with Crippen molar-refractivity contribution < 1.29 is 31.5 Å². The molecule has 0 bridgehead atoms. The van der Waals surface area contributed by atoms with Crippen molar-refractivity contribution in [1.29, 1.82) is 0 Å². The fourth-order valence-electron chi connectivity index (χ4n) is 3.82. The molecule has 4 rings (SSSR count). The zero-order chi connectivity index (χ0) is 25.5. The van der Waals surface area contributed by atoms with Crippen molar-refractivity contribution in [3.05, 3.63) is 64.9 Å². The van der Waals surface area contributed by atoms with Crippen LogP contribution in [0.3, 0.4) is 0 Å². The molecule has 35 heavy (non-hydrogen) atoms. The molecule has 0 spiro atoms. The van der Waals surface area contributed by atoms with Crippen molar-refractivity contribution in [3.63, 3.8) is 0 Å². The number of hydrogen-bond donors (Lipinski definition) is 1. The van der Waals surface area contributed by atoms with Crippen LogP contribution in [0.1, 0.15) is 22.6 Å². The van der Waals surface area contributed by atoms with Crippen LogP contribution < -0.4 is 10.5 Å². The summed E-state index contributed by atoms with van der Waals surface area (Å²) in [7, 11) is 1.13. The minimum absolute atomic E-state index is 0.0331. The molecule has 0 saturated carbocycles. The van der Waals surface area contributed by atoms with Crippen LogP contribution in [0.25, 0.3) is 21.9 Å². The molecule has 1 amide bonds. The molecule has 3 aromatic rings. The normalized spacial score (nSPS) is 15.8. The van der Waals surface area contributed by atoms with Crippen molar-refractivity contribution >= 4 is 11.6 Å². The van der Waals surface area contributed by atoms with E-state index < -0.39 is 58.5 Å². The van der Waals surface area contributed by atoms with Crippen molar-refractivity contribution in [2.75, 3.05) is 20.2 Å². The van der Waals surface area contributed by atoms with Gasteiger partial charge in [0.25, 0.3) is 5.91 Å². The minimum atomic E-state index is -5.12. The zero-order valence-corrected chi connectivity index (χ0v) is 18.1. The number of imidazole rings is 1. The van der Waals surface area contributed by atoms with Crippen LogP contribution in [-0.4, -0.2) is 51.6 Å². The molecule has 2 aromatic heterocycles.